The number of hydrogen-bond acceptors (Lipinski definition) is 4. The summed E-state index contributed by atoms with van der Waals surface area (Å²) in [6, 6.07) is 2.53. The molecular weight excluding hydrogens is 260 g/mol. The number of hydrogen-bond donors (Lipinski definition) is 2. The van der Waals surface area contributed by atoms with Crippen LogP contribution >= 0.6 is 0 Å². The summed E-state index contributed by atoms with van der Waals surface area (Å²) in [6.45, 7) is 1.65. The normalized spacial score (nSPS) is 26.6. The zero-order valence-corrected chi connectivity index (χ0v) is 10.9. The van der Waals surface area contributed by atoms with Crippen molar-refractivity contribution in [2.45, 2.75) is 25.3 Å². The zero-order chi connectivity index (χ0) is 14.4. The Balaban J connectivity index is 2.15. The number of nitro groups is 1. The van der Waals surface area contributed by atoms with Gasteiger partial charge in [0.25, 0.3) is 5.69 Å². The molecule has 3 atom stereocenters. The van der Waals surface area contributed by atoms with Crippen molar-refractivity contribution in [1.82, 2.24) is 0 Å². The van der Waals surface area contributed by atoms with Crippen LogP contribution in [-0.2, 0) is 4.79 Å². The van der Waals surface area contributed by atoms with E-state index >= 15 is 0 Å². The van der Waals surface area contributed by atoms with Gasteiger partial charge >= 0.3 is 5.97 Å². The molecule has 0 fully saturated rings. The average molecular weight is 274 g/mol. The molecule has 0 amide bonds. The van der Waals surface area contributed by atoms with Gasteiger partial charge in [0, 0.05) is 23.6 Å². The lowest BCUT2D eigenvalue weighted by Crippen LogP contribution is -2.42. The summed E-state index contributed by atoms with van der Waals surface area (Å²) in [7, 11) is 0. The number of allylic oxidation sites excluding steroid dienone is 2. The van der Waals surface area contributed by atoms with Crippen LogP contribution in [0, 0.1) is 23.0 Å². The van der Waals surface area contributed by atoms with E-state index in [0.29, 0.717) is 17.7 Å². The lowest BCUT2D eigenvalue weighted by molar-refractivity contribution is -0.385. The van der Waals surface area contributed by atoms with Gasteiger partial charge in [-0.15, -0.1) is 0 Å². The van der Waals surface area contributed by atoms with E-state index in [1.165, 1.54) is 6.07 Å². The molecule has 0 aromatic heterocycles. The van der Waals surface area contributed by atoms with Crippen molar-refractivity contribution in [3.8, 4) is 0 Å². The Morgan fingerprint density at radius 3 is 2.90 bits per heavy atom. The van der Waals surface area contributed by atoms with Crippen molar-refractivity contribution in [1.29, 1.82) is 0 Å². The molecule has 0 saturated heterocycles. The molecule has 0 bridgehead atoms. The highest BCUT2D eigenvalue weighted by molar-refractivity contribution is 5.82. The second-order valence-electron chi connectivity index (χ2n) is 5.24. The fourth-order valence-electron chi connectivity index (χ4n) is 3.25. The van der Waals surface area contributed by atoms with Crippen LogP contribution in [0.1, 0.15) is 23.5 Å². The Labute approximate surface area is 115 Å². The number of rotatable bonds is 2. The first-order valence-corrected chi connectivity index (χ1v) is 6.44. The van der Waals surface area contributed by atoms with E-state index in [1.54, 1.807) is 13.0 Å². The monoisotopic (exact) mass is 274 g/mol. The third-order valence-corrected chi connectivity index (χ3v) is 4.23. The second kappa shape index (κ2) is 4.33. The van der Waals surface area contributed by atoms with E-state index in [0.717, 1.165) is 5.56 Å². The van der Waals surface area contributed by atoms with Gasteiger partial charge in [0.15, 0.2) is 0 Å². The third-order valence-electron chi connectivity index (χ3n) is 4.23. The van der Waals surface area contributed by atoms with Crippen LogP contribution in [0.2, 0.25) is 0 Å². The van der Waals surface area contributed by atoms with Crippen LogP contribution in [0.25, 0.3) is 0 Å². The van der Waals surface area contributed by atoms with Crippen molar-refractivity contribution in [2.24, 2.45) is 5.92 Å². The van der Waals surface area contributed by atoms with E-state index in [1.807, 2.05) is 12.2 Å². The summed E-state index contributed by atoms with van der Waals surface area (Å²) in [4.78, 5) is 22.0. The first-order chi connectivity index (χ1) is 9.50. The fraction of sp³-hybridized carbons (Fsp3) is 0.357. The summed E-state index contributed by atoms with van der Waals surface area (Å²) in [5.74, 6) is -0.923. The number of carboxylic acids is 1. The molecule has 20 heavy (non-hydrogen) atoms. The van der Waals surface area contributed by atoms with E-state index in [-0.39, 0.29) is 17.5 Å². The Morgan fingerprint density at radius 2 is 2.25 bits per heavy atom. The number of carboxylic acid groups (broad SMARTS) is 1. The number of aliphatic carboxylic acids is 1. The quantitative estimate of drug-likeness (QED) is 0.491. The van der Waals surface area contributed by atoms with Crippen molar-refractivity contribution < 1.29 is 14.8 Å². The van der Waals surface area contributed by atoms with Gasteiger partial charge in [-0.1, -0.05) is 12.2 Å². The van der Waals surface area contributed by atoms with Gasteiger partial charge in [0.2, 0.25) is 0 Å². The van der Waals surface area contributed by atoms with Gasteiger partial charge in [-0.2, -0.15) is 0 Å². The fourth-order valence-corrected chi connectivity index (χ4v) is 3.25. The second-order valence-corrected chi connectivity index (χ2v) is 5.24. The SMILES string of the molecule is Cc1c([N+](=O)[O-])ccc2c1N[C@H](C(=O)O)[C@H]1CC=C[C@@H]21. The molecule has 1 aliphatic heterocycles. The minimum absolute atomic E-state index is 0.0146. The van der Waals surface area contributed by atoms with Crippen molar-refractivity contribution in [3.05, 3.63) is 45.5 Å². The maximum absolute atomic E-state index is 11.4. The zero-order valence-electron chi connectivity index (χ0n) is 10.9. The molecule has 1 aliphatic carbocycles. The molecule has 1 aromatic carbocycles. The molecule has 0 spiro atoms. The molecule has 0 unspecified atom stereocenters. The molecule has 0 radical (unpaired) electrons. The van der Waals surface area contributed by atoms with Crippen molar-refractivity contribution in [2.75, 3.05) is 5.32 Å². The lowest BCUT2D eigenvalue weighted by Gasteiger charge is -2.35. The average Bonchev–Trinajstić information content (AvgIpc) is 2.86. The van der Waals surface area contributed by atoms with E-state index in [2.05, 4.69) is 5.32 Å². The van der Waals surface area contributed by atoms with Gasteiger partial charge in [0.05, 0.1) is 10.5 Å². The molecule has 3 rings (SSSR count). The Kier molecular flexibility index (Phi) is 2.74. The van der Waals surface area contributed by atoms with Crippen LogP contribution in [0.5, 0.6) is 0 Å². The summed E-state index contributed by atoms with van der Waals surface area (Å²) < 4.78 is 0. The van der Waals surface area contributed by atoms with Crippen LogP contribution in [0.3, 0.4) is 0 Å². The Bertz CT molecular complexity index is 638. The van der Waals surface area contributed by atoms with E-state index < -0.39 is 16.9 Å². The summed E-state index contributed by atoms with van der Waals surface area (Å²) in [5, 5.41) is 23.3. The highest BCUT2D eigenvalue weighted by Crippen LogP contribution is 2.47. The largest absolute Gasteiger partial charge is 0.480 e. The minimum Gasteiger partial charge on any atom is -0.480 e. The van der Waals surface area contributed by atoms with E-state index in [9.17, 15) is 20.0 Å². The number of benzene rings is 1. The molecule has 104 valence electrons. The standard InChI is InChI=1S/C14H14N2O4/c1-7-11(16(19)20)6-5-10-8-3-2-4-9(8)13(14(17)18)15-12(7)10/h2-3,5-6,8-9,13,15H,4H2,1H3,(H,17,18)/t8-,9+,13+/m1/s1. The van der Waals surface area contributed by atoms with Gasteiger partial charge in [0.1, 0.15) is 6.04 Å². The van der Waals surface area contributed by atoms with Gasteiger partial charge < -0.3 is 10.4 Å². The number of nitrogens with zero attached hydrogens (tertiary/aromatic N) is 1. The number of nitro benzene ring substituents is 1. The first kappa shape index (κ1) is 12.7. The third kappa shape index (κ3) is 1.68. The van der Waals surface area contributed by atoms with E-state index in [4.69, 9.17) is 0 Å². The number of nitrogens with one attached hydrogen (secondary N) is 1. The Hall–Kier alpha value is -2.37. The van der Waals surface area contributed by atoms with Crippen molar-refractivity contribution >= 4 is 17.3 Å². The van der Waals surface area contributed by atoms with Crippen LogP contribution in [0.15, 0.2) is 24.3 Å². The minimum atomic E-state index is -0.916. The molecule has 0 saturated carbocycles. The highest BCUT2D eigenvalue weighted by atomic mass is 16.6. The smallest absolute Gasteiger partial charge is 0.326 e. The lowest BCUT2D eigenvalue weighted by atomic mass is 9.78. The maximum atomic E-state index is 11.4. The number of carbonyl (C=O) groups is 1. The highest BCUT2D eigenvalue weighted by Gasteiger charge is 2.42. The Morgan fingerprint density at radius 1 is 1.50 bits per heavy atom. The molecule has 6 heteroatoms. The summed E-state index contributed by atoms with van der Waals surface area (Å²) >= 11 is 0. The molecule has 2 aliphatic rings. The van der Waals surface area contributed by atoms with Crippen molar-refractivity contribution in [3.63, 3.8) is 0 Å². The summed E-state index contributed by atoms with van der Waals surface area (Å²) in [6.07, 6.45) is 4.70. The van der Waals surface area contributed by atoms with Gasteiger partial charge in [-0.3, -0.25) is 10.1 Å². The maximum Gasteiger partial charge on any atom is 0.326 e. The molecule has 2 N–H and O–H groups in total. The number of anilines is 1. The molecule has 6 nitrogen and oxygen atoms in total. The predicted molar refractivity (Wildman–Crippen MR) is 72.9 cm³/mol. The predicted octanol–water partition coefficient (Wildman–Crippen LogP) is 2.44. The molecule has 1 aromatic rings. The van der Waals surface area contributed by atoms with Crippen LogP contribution in [-0.4, -0.2) is 22.0 Å². The van der Waals surface area contributed by atoms with Gasteiger partial charge in [-0.25, -0.2) is 4.79 Å². The van der Waals surface area contributed by atoms with Crippen LogP contribution < -0.4 is 5.32 Å². The first-order valence-electron chi connectivity index (χ1n) is 6.44. The topological polar surface area (TPSA) is 92.5 Å². The number of fused-ring (bicyclic) bond motifs is 3. The molecular formula is C14H14N2O4. The van der Waals surface area contributed by atoms with Gasteiger partial charge in [-0.05, 0) is 25.0 Å². The summed E-state index contributed by atoms with van der Waals surface area (Å²) in [5.41, 5.74) is 2.06. The van der Waals surface area contributed by atoms with Crippen LogP contribution in [0.4, 0.5) is 11.4 Å². The molecule has 1 heterocycles.